The summed E-state index contributed by atoms with van der Waals surface area (Å²) >= 11 is 1.89. The van der Waals surface area contributed by atoms with Crippen LogP contribution in [0.25, 0.3) is 0 Å². The summed E-state index contributed by atoms with van der Waals surface area (Å²) in [6, 6.07) is 0.276. The fourth-order valence-corrected chi connectivity index (χ4v) is 3.94. The minimum Gasteiger partial charge on any atom is -0.481 e. The maximum atomic E-state index is 12.3. The number of aliphatic carboxylic acids is 1. The Morgan fingerprint density at radius 3 is 2.60 bits per heavy atom. The van der Waals surface area contributed by atoms with Gasteiger partial charge in [0.15, 0.2) is 0 Å². The highest BCUT2D eigenvalue weighted by Crippen LogP contribution is 2.35. The van der Waals surface area contributed by atoms with Crippen molar-refractivity contribution < 1.29 is 14.7 Å². The lowest BCUT2D eigenvalue weighted by atomic mass is 9.76. The first-order chi connectivity index (χ1) is 9.57. The van der Waals surface area contributed by atoms with Gasteiger partial charge in [0.2, 0.25) is 5.91 Å². The third-order valence-corrected chi connectivity index (χ3v) is 5.75. The molecule has 0 aromatic rings. The molecule has 20 heavy (non-hydrogen) atoms. The number of hydrogen-bond acceptors (Lipinski definition) is 4. The SMILES string of the molecule is CCC1(C(=O)O)CCN(C(=O)CC2CSCCN2)CC1. The van der Waals surface area contributed by atoms with E-state index in [-0.39, 0.29) is 11.9 Å². The molecule has 1 unspecified atom stereocenters. The Hall–Kier alpha value is -0.750. The molecule has 0 aromatic heterocycles. The zero-order valence-corrected chi connectivity index (χ0v) is 12.9. The second kappa shape index (κ2) is 6.80. The average molecular weight is 300 g/mol. The lowest BCUT2D eigenvalue weighted by molar-refractivity contribution is -0.154. The van der Waals surface area contributed by atoms with Crippen LogP contribution in [0.5, 0.6) is 0 Å². The first-order valence-corrected chi connectivity index (χ1v) is 8.55. The monoisotopic (exact) mass is 300 g/mol. The molecule has 0 saturated carbocycles. The molecule has 0 spiro atoms. The lowest BCUT2D eigenvalue weighted by Crippen LogP contribution is -2.48. The summed E-state index contributed by atoms with van der Waals surface area (Å²) in [5.74, 6) is 1.57. The predicted molar refractivity (Wildman–Crippen MR) is 79.9 cm³/mol. The van der Waals surface area contributed by atoms with Gasteiger partial charge in [0.1, 0.15) is 0 Å². The van der Waals surface area contributed by atoms with E-state index in [1.807, 2.05) is 23.6 Å². The fraction of sp³-hybridized carbons (Fsp3) is 0.857. The van der Waals surface area contributed by atoms with Crippen LogP contribution in [0.4, 0.5) is 0 Å². The van der Waals surface area contributed by atoms with Gasteiger partial charge in [-0.05, 0) is 19.3 Å². The lowest BCUT2D eigenvalue weighted by Gasteiger charge is -2.39. The zero-order valence-electron chi connectivity index (χ0n) is 12.1. The first-order valence-electron chi connectivity index (χ1n) is 7.40. The van der Waals surface area contributed by atoms with Crippen molar-refractivity contribution in [2.45, 2.75) is 38.6 Å². The maximum absolute atomic E-state index is 12.3. The molecule has 2 heterocycles. The van der Waals surface area contributed by atoms with Crippen molar-refractivity contribution in [3.63, 3.8) is 0 Å². The van der Waals surface area contributed by atoms with Gasteiger partial charge >= 0.3 is 5.97 Å². The van der Waals surface area contributed by atoms with Crippen LogP contribution in [0.3, 0.4) is 0 Å². The minimum absolute atomic E-state index is 0.167. The number of amides is 1. The quantitative estimate of drug-likeness (QED) is 0.816. The summed E-state index contributed by atoms with van der Waals surface area (Å²) in [5.41, 5.74) is -0.615. The van der Waals surface area contributed by atoms with E-state index in [1.54, 1.807) is 0 Å². The fourth-order valence-electron chi connectivity index (χ4n) is 2.99. The Morgan fingerprint density at radius 2 is 2.10 bits per heavy atom. The molecule has 0 aromatic carbocycles. The van der Waals surface area contributed by atoms with E-state index in [4.69, 9.17) is 0 Å². The van der Waals surface area contributed by atoms with E-state index in [2.05, 4.69) is 5.32 Å². The third-order valence-electron chi connectivity index (χ3n) is 4.62. The van der Waals surface area contributed by atoms with Gasteiger partial charge in [-0.3, -0.25) is 9.59 Å². The van der Waals surface area contributed by atoms with Crippen LogP contribution in [-0.2, 0) is 9.59 Å². The highest BCUT2D eigenvalue weighted by molar-refractivity contribution is 7.99. The minimum atomic E-state index is -0.711. The standard InChI is InChI=1S/C14H24N2O3S/c1-2-14(13(18)19)3-6-16(7-4-14)12(17)9-11-10-20-8-5-15-11/h11,15H,2-10H2,1H3,(H,18,19). The topological polar surface area (TPSA) is 69.6 Å². The Bertz CT molecular complexity index is 361. The molecular weight excluding hydrogens is 276 g/mol. The Morgan fingerprint density at radius 1 is 1.40 bits per heavy atom. The van der Waals surface area contributed by atoms with E-state index < -0.39 is 11.4 Å². The summed E-state index contributed by atoms with van der Waals surface area (Å²) in [7, 11) is 0. The summed E-state index contributed by atoms with van der Waals surface area (Å²) in [5, 5.41) is 12.7. The summed E-state index contributed by atoms with van der Waals surface area (Å²) < 4.78 is 0. The molecule has 5 nitrogen and oxygen atoms in total. The van der Waals surface area contributed by atoms with Crippen LogP contribution in [0.15, 0.2) is 0 Å². The smallest absolute Gasteiger partial charge is 0.309 e. The van der Waals surface area contributed by atoms with Crippen LogP contribution in [0.2, 0.25) is 0 Å². The molecule has 0 radical (unpaired) electrons. The predicted octanol–water partition coefficient (Wildman–Crippen LogP) is 1.18. The molecule has 2 aliphatic rings. The largest absolute Gasteiger partial charge is 0.481 e. The van der Waals surface area contributed by atoms with Gasteiger partial charge in [-0.15, -0.1) is 0 Å². The molecule has 2 N–H and O–H groups in total. The number of nitrogens with zero attached hydrogens (tertiary/aromatic N) is 1. The number of piperidine rings is 1. The molecule has 0 bridgehead atoms. The Balaban J connectivity index is 1.83. The van der Waals surface area contributed by atoms with E-state index in [9.17, 15) is 14.7 Å². The number of nitrogens with one attached hydrogen (secondary N) is 1. The Labute approximate surface area is 124 Å². The van der Waals surface area contributed by atoms with Gasteiger partial charge in [0.25, 0.3) is 0 Å². The van der Waals surface area contributed by atoms with Crippen LogP contribution < -0.4 is 5.32 Å². The summed E-state index contributed by atoms with van der Waals surface area (Å²) in [6.07, 6.45) is 2.35. The second-order valence-electron chi connectivity index (χ2n) is 5.75. The summed E-state index contributed by atoms with van der Waals surface area (Å²) in [4.78, 5) is 25.5. The van der Waals surface area contributed by atoms with Crippen LogP contribution in [0, 0.1) is 5.41 Å². The third kappa shape index (κ3) is 3.47. The van der Waals surface area contributed by atoms with Gasteiger partial charge in [-0.1, -0.05) is 6.92 Å². The first kappa shape index (κ1) is 15.6. The van der Waals surface area contributed by atoms with E-state index in [0.29, 0.717) is 38.8 Å². The van der Waals surface area contributed by atoms with Crippen molar-refractivity contribution >= 4 is 23.6 Å². The van der Waals surface area contributed by atoms with Crippen LogP contribution in [-0.4, -0.2) is 59.1 Å². The zero-order chi connectivity index (χ0) is 14.6. The second-order valence-corrected chi connectivity index (χ2v) is 6.90. The number of carbonyl (C=O) groups excluding carboxylic acids is 1. The van der Waals surface area contributed by atoms with Crippen molar-refractivity contribution in [2.24, 2.45) is 5.41 Å². The van der Waals surface area contributed by atoms with Crippen molar-refractivity contribution in [3.05, 3.63) is 0 Å². The number of hydrogen-bond donors (Lipinski definition) is 2. The van der Waals surface area contributed by atoms with Crippen LogP contribution in [0.1, 0.15) is 32.6 Å². The van der Waals surface area contributed by atoms with Crippen molar-refractivity contribution in [1.82, 2.24) is 10.2 Å². The number of carboxylic acid groups (broad SMARTS) is 1. The molecule has 0 aliphatic carbocycles. The molecule has 2 fully saturated rings. The average Bonchev–Trinajstić information content (AvgIpc) is 2.48. The molecule has 1 atom stereocenters. The highest BCUT2D eigenvalue weighted by Gasteiger charge is 2.40. The highest BCUT2D eigenvalue weighted by atomic mass is 32.2. The maximum Gasteiger partial charge on any atom is 0.309 e. The van der Waals surface area contributed by atoms with Crippen LogP contribution >= 0.6 is 11.8 Å². The van der Waals surface area contributed by atoms with Gasteiger partial charge < -0.3 is 15.3 Å². The molecule has 2 aliphatic heterocycles. The Kier molecular flexibility index (Phi) is 5.32. The van der Waals surface area contributed by atoms with Gasteiger partial charge in [0, 0.05) is 43.6 Å². The normalized spacial score (nSPS) is 26.2. The number of carboxylic acids is 1. The summed E-state index contributed by atoms with van der Waals surface area (Å²) in [6.45, 7) is 4.06. The van der Waals surface area contributed by atoms with E-state index >= 15 is 0 Å². The number of carbonyl (C=O) groups is 2. The molecular formula is C14H24N2O3S. The van der Waals surface area contributed by atoms with Gasteiger partial charge in [-0.2, -0.15) is 11.8 Å². The number of likely N-dealkylation sites (tertiary alicyclic amines) is 1. The van der Waals surface area contributed by atoms with E-state index in [0.717, 1.165) is 18.1 Å². The van der Waals surface area contributed by atoms with Crippen molar-refractivity contribution in [2.75, 3.05) is 31.1 Å². The van der Waals surface area contributed by atoms with Crippen molar-refractivity contribution in [1.29, 1.82) is 0 Å². The molecule has 1 amide bonds. The molecule has 2 rings (SSSR count). The molecule has 114 valence electrons. The molecule has 2 saturated heterocycles. The van der Waals surface area contributed by atoms with Gasteiger partial charge in [-0.25, -0.2) is 0 Å². The number of thioether (sulfide) groups is 1. The van der Waals surface area contributed by atoms with E-state index in [1.165, 1.54) is 0 Å². The molecule has 6 heteroatoms. The van der Waals surface area contributed by atoms with Gasteiger partial charge in [0.05, 0.1) is 5.41 Å². The number of rotatable bonds is 4. The van der Waals surface area contributed by atoms with Crippen molar-refractivity contribution in [3.8, 4) is 0 Å².